The van der Waals surface area contributed by atoms with Gasteiger partial charge in [-0.15, -0.1) is 0 Å². The molecule has 1 amide bonds. The van der Waals surface area contributed by atoms with E-state index < -0.39 is 11.5 Å². The summed E-state index contributed by atoms with van der Waals surface area (Å²) >= 11 is 0. The minimum atomic E-state index is -2.63. The number of carbonyl (C=O) groups excluding carboxylic acids is 1. The molecular formula is C25H25F3N2O2. The Balaban J connectivity index is 1.38. The minimum absolute atomic E-state index is 0.0409. The molecular weight excluding hydrogens is 417 g/mol. The van der Waals surface area contributed by atoms with Gasteiger partial charge in [0.05, 0.1) is 11.3 Å². The molecule has 4 nitrogen and oxygen atoms in total. The second-order valence-electron chi connectivity index (χ2n) is 9.22. The molecule has 168 valence electrons. The lowest BCUT2D eigenvalue weighted by atomic mass is 9.75. The van der Waals surface area contributed by atoms with Crippen molar-refractivity contribution < 1.29 is 22.7 Å². The van der Waals surface area contributed by atoms with Crippen LogP contribution in [0.5, 0.6) is 0 Å². The number of amides is 1. The second-order valence-corrected chi connectivity index (χ2v) is 9.22. The Morgan fingerprint density at radius 3 is 2.75 bits per heavy atom. The van der Waals surface area contributed by atoms with Gasteiger partial charge < -0.3 is 10.1 Å². The van der Waals surface area contributed by atoms with Crippen molar-refractivity contribution in [2.45, 2.75) is 37.2 Å². The molecule has 3 fully saturated rings. The summed E-state index contributed by atoms with van der Waals surface area (Å²) in [6.45, 7) is 0.298. The molecule has 1 spiro atoms. The SMILES string of the molecule is O=C1COC2(CN1)C[C@H]1CC(F)(F)CC[C@H]1[C@@H]2C=Cc1ccc(-c2cccc(F)c2)cn1. The molecule has 7 heteroatoms. The number of halogens is 3. The summed E-state index contributed by atoms with van der Waals surface area (Å²) in [5.41, 5.74) is 1.64. The van der Waals surface area contributed by atoms with Crippen molar-refractivity contribution >= 4 is 12.0 Å². The molecule has 2 saturated carbocycles. The number of benzene rings is 1. The Morgan fingerprint density at radius 2 is 2.03 bits per heavy atom. The van der Waals surface area contributed by atoms with Crippen molar-refractivity contribution in [1.82, 2.24) is 10.3 Å². The monoisotopic (exact) mass is 442 g/mol. The number of aromatic nitrogens is 1. The summed E-state index contributed by atoms with van der Waals surface area (Å²) in [5, 5.41) is 2.87. The molecule has 0 bridgehead atoms. The number of carbonyl (C=O) groups is 1. The fraction of sp³-hybridized carbons (Fsp3) is 0.440. The fourth-order valence-electron chi connectivity index (χ4n) is 5.68. The van der Waals surface area contributed by atoms with Crippen LogP contribution >= 0.6 is 0 Å². The van der Waals surface area contributed by atoms with Gasteiger partial charge in [-0.2, -0.15) is 0 Å². The third kappa shape index (κ3) is 4.06. The van der Waals surface area contributed by atoms with Crippen molar-refractivity contribution in [2.75, 3.05) is 13.2 Å². The number of alkyl halides is 2. The Hall–Kier alpha value is -2.67. The molecule has 2 aliphatic carbocycles. The van der Waals surface area contributed by atoms with Crippen LogP contribution in [0.1, 0.15) is 31.4 Å². The van der Waals surface area contributed by atoms with E-state index in [-0.39, 0.29) is 48.9 Å². The maximum atomic E-state index is 14.1. The van der Waals surface area contributed by atoms with Gasteiger partial charge in [0.25, 0.3) is 0 Å². The van der Waals surface area contributed by atoms with E-state index in [9.17, 15) is 18.0 Å². The summed E-state index contributed by atoms with van der Waals surface area (Å²) < 4.78 is 47.7. The molecule has 1 aromatic carbocycles. The van der Waals surface area contributed by atoms with E-state index in [0.29, 0.717) is 19.4 Å². The number of morpholine rings is 1. The largest absolute Gasteiger partial charge is 0.363 e. The summed E-state index contributed by atoms with van der Waals surface area (Å²) in [6.07, 6.45) is 6.35. The lowest BCUT2D eigenvalue weighted by molar-refractivity contribution is -0.147. The highest BCUT2D eigenvalue weighted by atomic mass is 19.3. The number of nitrogens with zero attached hydrogens (tertiary/aromatic N) is 1. The van der Waals surface area contributed by atoms with E-state index in [1.54, 1.807) is 12.3 Å². The number of rotatable bonds is 3. The lowest BCUT2D eigenvalue weighted by Gasteiger charge is -2.39. The Labute approximate surface area is 184 Å². The molecule has 1 aromatic heterocycles. The first-order valence-electron chi connectivity index (χ1n) is 11.0. The van der Waals surface area contributed by atoms with Gasteiger partial charge in [-0.05, 0) is 54.5 Å². The average molecular weight is 442 g/mol. The number of hydrogen-bond donors (Lipinski definition) is 1. The van der Waals surface area contributed by atoms with Crippen molar-refractivity contribution in [3.63, 3.8) is 0 Å². The smallest absolute Gasteiger partial charge is 0.248 e. The molecule has 1 aliphatic heterocycles. The van der Waals surface area contributed by atoms with E-state index in [0.717, 1.165) is 16.8 Å². The van der Waals surface area contributed by atoms with Gasteiger partial charge in [0.1, 0.15) is 12.4 Å². The lowest BCUT2D eigenvalue weighted by Crippen LogP contribution is -2.54. The summed E-state index contributed by atoms with van der Waals surface area (Å²) in [5.74, 6) is -3.22. The predicted octanol–water partition coefficient (Wildman–Crippen LogP) is 4.86. The van der Waals surface area contributed by atoms with Crippen LogP contribution < -0.4 is 5.32 Å². The normalized spacial score (nSPS) is 31.6. The standard InChI is InChI=1S/C25H25F3N2O2/c26-19-3-1-2-16(10-19)17-4-5-20(29-13-17)6-7-22-21-8-9-25(27,28)12-18(21)11-24(22)15-30-23(31)14-32-24/h1-7,10,13,18,21-22H,8-9,11-12,14-15H2,(H,30,31)/t18-,21+,22-,24?/m0/s1. The van der Waals surface area contributed by atoms with E-state index >= 15 is 0 Å². The zero-order chi connectivity index (χ0) is 22.3. The summed E-state index contributed by atoms with van der Waals surface area (Å²) in [6, 6.07) is 10.1. The van der Waals surface area contributed by atoms with Crippen molar-refractivity contribution in [3.8, 4) is 11.1 Å². The number of fused-ring (bicyclic) bond motifs is 1. The van der Waals surface area contributed by atoms with Gasteiger partial charge in [-0.1, -0.05) is 24.3 Å². The van der Waals surface area contributed by atoms with Crippen LogP contribution in [0, 0.1) is 23.6 Å². The fourth-order valence-corrected chi connectivity index (χ4v) is 5.68. The molecule has 4 atom stereocenters. The first kappa shape index (κ1) is 21.2. The van der Waals surface area contributed by atoms with Crippen molar-refractivity contribution in [1.29, 1.82) is 0 Å². The number of hydrogen-bond acceptors (Lipinski definition) is 3. The van der Waals surface area contributed by atoms with E-state index in [4.69, 9.17) is 4.74 Å². The van der Waals surface area contributed by atoms with Gasteiger partial charge >= 0.3 is 0 Å². The first-order chi connectivity index (χ1) is 15.3. The highest BCUT2D eigenvalue weighted by molar-refractivity contribution is 5.78. The van der Waals surface area contributed by atoms with Crippen LogP contribution in [0.3, 0.4) is 0 Å². The number of ether oxygens (including phenoxy) is 1. The van der Waals surface area contributed by atoms with E-state index in [1.165, 1.54) is 12.1 Å². The maximum Gasteiger partial charge on any atom is 0.248 e. The maximum absolute atomic E-state index is 14.1. The highest BCUT2D eigenvalue weighted by Crippen LogP contribution is 2.56. The Bertz CT molecular complexity index is 1030. The molecule has 1 saturated heterocycles. The molecule has 5 rings (SSSR count). The second kappa shape index (κ2) is 8.03. The zero-order valence-corrected chi connectivity index (χ0v) is 17.6. The van der Waals surface area contributed by atoms with Crippen molar-refractivity contribution in [3.05, 3.63) is 60.2 Å². The minimum Gasteiger partial charge on any atom is -0.363 e. The molecule has 3 aliphatic rings. The van der Waals surface area contributed by atoms with Gasteiger partial charge in [-0.25, -0.2) is 13.2 Å². The quantitative estimate of drug-likeness (QED) is 0.739. The number of pyridine rings is 1. The Kier molecular flexibility index (Phi) is 5.32. The molecule has 2 heterocycles. The number of nitrogens with one attached hydrogen (secondary N) is 1. The van der Waals surface area contributed by atoms with Crippen LogP contribution in [-0.2, 0) is 9.53 Å². The van der Waals surface area contributed by atoms with Gasteiger partial charge in [-0.3, -0.25) is 9.78 Å². The van der Waals surface area contributed by atoms with E-state index in [2.05, 4.69) is 10.3 Å². The third-order valence-electron chi connectivity index (χ3n) is 7.18. The molecule has 2 aromatic rings. The summed E-state index contributed by atoms with van der Waals surface area (Å²) in [7, 11) is 0. The topological polar surface area (TPSA) is 51.2 Å². The van der Waals surface area contributed by atoms with Gasteiger partial charge in [0.15, 0.2) is 0 Å². The molecule has 1 unspecified atom stereocenters. The van der Waals surface area contributed by atoms with E-state index in [1.807, 2.05) is 30.4 Å². The van der Waals surface area contributed by atoms with Crippen LogP contribution in [0.2, 0.25) is 0 Å². The van der Waals surface area contributed by atoms with Crippen molar-refractivity contribution in [2.24, 2.45) is 17.8 Å². The predicted molar refractivity (Wildman–Crippen MR) is 114 cm³/mol. The van der Waals surface area contributed by atoms with Gasteiger partial charge in [0.2, 0.25) is 11.8 Å². The molecule has 32 heavy (non-hydrogen) atoms. The molecule has 0 radical (unpaired) electrons. The molecule has 1 N–H and O–H groups in total. The van der Waals surface area contributed by atoms with Crippen LogP contribution in [0.4, 0.5) is 13.2 Å². The summed E-state index contributed by atoms with van der Waals surface area (Å²) in [4.78, 5) is 16.1. The van der Waals surface area contributed by atoms with Crippen LogP contribution in [-0.4, -0.2) is 35.6 Å². The third-order valence-corrected chi connectivity index (χ3v) is 7.18. The van der Waals surface area contributed by atoms with Crippen LogP contribution in [0.25, 0.3) is 17.2 Å². The first-order valence-corrected chi connectivity index (χ1v) is 11.0. The van der Waals surface area contributed by atoms with Crippen LogP contribution in [0.15, 0.2) is 48.7 Å². The zero-order valence-electron chi connectivity index (χ0n) is 17.6. The highest BCUT2D eigenvalue weighted by Gasteiger charge is 2.58. The van der Waals surface area contributed by atoms with Gasteiger partial charge in [0, 0.05) is 37.1 Å². The Morgan fingerprint density at radius 1 is 1.16 bits per heavy atom. The average Bonchev–Trinajstić information content (AvgIpc) is 3.05.